The summed E-state index contributed by atoms with van der Waals surface area (Å²) >= 11 is 0. The summed E-state index contributed by atoms with van der Waals surface area (Å²) in [7, 11) is 3.23. The first-order chi connectivity index (χ1) is 19.6. The lowest BCUT2D eigenvalue weighted by Gasteiger charge is -2.53. The number of fused-ring (bicyclic) bond motifs is 3. The molecule has 1 spiro atoms. The lowest BCUT2D eigenvalue weighted by molar-refractivity contribution is -0.141. The van der Waals surface area contributed by atoms with Gasteiger partial charge in [0.15, 0.2) is 17.4 Å². The molecule has 13 heteroatoms. The van der Waals surface area contributed by atoms with E-state index in [2.05, 4.69) is 14.9 Å². The van der Waals surface area contributed by atoms with Gasteiger partial charge in [0.25, 0.3) is 5.88 Å². The summed E-state index contributed by atoms with van der Waals surface area (Å²) in [5.41, 5.74) is -0.968. The van der Waals surface area contributed by atoms with E-state index in [1.807, 2.05) is 0 Å². The highest BCUT2D eigenvalue weighted by Crippen LogP contribution is 2.54. The topological polar surface area (TPSA) is 87.9 Å². The summed E-state index contributed by atoms with van der Waals surface area (Å²) in [6.45, 7) is 1.16. The molecule has 3 aliphatic rings. The van der Waals surface area contributed by atoms with Crippen molar-refractivity contribution in [3.63, 3.8) is 0 Å². The third-order valence-electron chi connectivity index (χ3n) is 8.22. The third-order valence-corrected chi connectivity index (χ3v) is 8.22. The van der Waals surface area contributed by atoms with Gasteiger partial charge in [0.05, 0.1) is 13.2 Å². The fourth-order valence-electron chi connectivity index (χ4n) is 6.21. The molecule has 1 atom stereocenters. The van der Waals surface area contributed by atoms with Gasteiger partial charge >= 0.3 is 11.9 Å². The molecule has 1 saturated heterocycles. The molecule has 4 heterocycles. The molecule has 6 rings (SSSR count). The minimum Gasteiger partial charge on any atom is -0.489 e. The van der Waals surface area contributed by atoms with Gasteiger partial charge in [-0.15, -0.1) is 0 Å². The van der Waals surface area contributed by atoms with Gasteiger partial charge in [-0.2, -0.15) is 18.2 Å². The summed E-state index contributed by atoms with van der Waals surface area (Å²) in [4.78, 5) is 22.5. The van der Waals surface area contributed by atoms with Crippen molar-refractivity contribution in [1.29, 1.82) is 0 Å². The number of piperidine rings is 1. The summed E-state index contributed by atoms with van der Waals surface area (Å²) in [5, 5.41) is 0. The number of alkyl halides is 3. The molecule has 0 radical (unpaired) electrons. The second-order valence-corrected chi connectivity index (χ2v) is 10.8. The molecule has 1 aliphatic carbocycles. The highest BCUT2D eigenvalue weighted by molar-refractivity contribution is 5.61. The van der Waals surface area contributed by atoms with E-state index in [9.17, 15) is 22.4 Å². The van der Waals surface area contributed by atoms with Crippen molar-refractivity contribution in [1.82, 2.24) is 14.5 Å². The van der Waals surface area contributed by atoms with Crippen LogP contribution in [-0.4, -0.2) is 47.4 Å². The molecule has 9 nitrogen and oxygen atoms in total. The molecule has 2 aliphatic heterocycles. The molecule has 2 fully saturated rings. The number of methoxy groups -OCH3 is 2. The van der Waals surface area contributed by atoms with Gasteiger partial charge in [-0.3, -0.25) is 9.55 Å². The van der Waals surface area contributed by atoms with Crippen LogP contribution in [0.25, 0.3) is 0 Å². The van der Waals surface area contributed by atoms with Gasteiger partial charge in [0.1, 0.15) is 18.1 Å². The van der Waals surface area contributed by atoms with Crippen LogP contribution >= 0.6 is 0 Å². The van der Waals surface area contributed by atoms with Crippen LogP contribution in [0.2, 0.25) is 0 Å². The highest BCUT2D eigenvalue weighted by atomic mass is 19.4. The van der Waals surface area contributed by atoms with Gasteiger partial charge < -0.3 is 23.8 Å². The molecular formula is C28H28F4N4O5. The lowest BCUT2D eigenvalue weighted by atomic mass is 9.60. The van der Waals surface area contributed by atoms with Crippen molar-refractivity contribution in [3.8, 4) is 23.1 Å². The van der Waals surface area contributed by atoms with Crippen LogP contribution in [0.4, 0.5) is 23.4 Å². The van der Waals surface area contributed by atoms with Gasteiger partial charge in [0, 0.05) is 38.5 Å². The number of hydrogen-bond acceptors (Lipinski definition) is 8. The van der Waals surface area contributed by atoms with Crippen molar-refractivity contribution >= 4 is 5.82 Å². The number of anilines is 1. The molecule has 41 heavy (non-hydrogen) atoms. The van der Waals surface area contributed by atoms with Crippen molar-refractivity contribution in [2.45, 2.75) is 57.2 Å². The molecule has 0 N–H and O–H groups in total. The molecule has 2 aromatic heterocycles. The van der Waals surface area contributed by atoms with E-state index < -0.39 is 23.4 Å². The zero-order valence-corrected chi connectivity index (χ0v) is 22.4. The smallest absolute Gasteiger partial charge is 0.433 e. The second-order valence-electron chi connectivity index (χ2n) is 10.8. The number of benzene rings is 1. The Morgan fingerprint density at radius 1 is 1.12 bits per heavy atom. The molecule has 1 unspecified atom stereocenters. The van der Waals surface area contributed by atoms with Crippen molar-refractivity contribution in [3.05, 3.63) is 64.1 Å². The van der Waals surface area contributed by atoms with Crippen LogP contribution < -0.4 is 24.8 Å². The molecule has 1 aromatic carbocycles. The predicted octanol–water partition coefficient (Wildman–Crippen LogP) is 4.95. The van der Waals surface area contributed by atoms with Crippen molar-refractivity contribution in [2.75, 3.05) is 25.7 Å². The minimum absolute atomic E-state index is 0.00461. The van der Waals surface area contributed by atoms with E-state index in [0.717, 1.165) is 44.5 Å². The summed E-state index contributed by atoms with van der Waals surface area (Å²) < 4.78 is 77.5. The Balaban J connectivity index is 1.16. The Morgan fingerprint density at radius 2 is 1.93 bits per heavy atom. The number of rotatable bonds is 7. The van der Waals surface area contributed by atoms with Gasteiger partial charge in [0.2, 0.25) is 5.75 Å². The summed E-state index contributed by atoms with van der Waals surface area (Å²) in [5.74, 6) is -0.301. The maximum Gasteiger partial charge on any atom is 0.433 e. The Bertz CT molecular complexity index is 1520. The Labute approximate surface area is 232 Å². The summed E-state index contributed by atoms with van der Waals surface area (Å²) in [6, 6.07) is 5.96. The Kier molecular flexibility index (Phi) is 6.79. The van der Waals surface area contributed by atoms with E-state index in [1.165, 1.54) is 25.3 Å². The number of ether oxygens (including phenoxy) is 4. The molecule has 1 saturated carbocycles. The van der Waals surface area contributed by atoms with E-state index >= 15 is 0 Å². The standard InChI is InChI=1S/C28H28F4N4O5/c1-38-19-12-27(13-19)6-8-35-17(11-27)14-36-25(35)23(39-2)24(34-26(36)37)40-15-16-3-4-21(20(29)9-16)41-18-5-7-33-22(10-18)28(30,31)32/h3-5,7,9-10,17,19H,6,8,11-15H2,1-2H3. The first-order valence-electron chi connectivity index (χ1n) is 13.2. The van der Waals surface area contributed by atoms with E-state index in [0.29, 0.717) is 35.8 Å². The second kappa shape index (κ2) is 10.2. The maximum absolute atomic E-state index is 14.8. The normalized spacial score (nSPS) is 23.1. The number of aromatic nitrogens is 3. The van der Waals surface area contributed by atoms with Crippen molar-refractivity contribution in [2.24, 2.45) is 5.41 Å². The minimum atomic E-state index is -4.66. The average Bonchev–Trinajstić information content (AvgIpc) is 3.30. The quantitative estimate of drug-likeness (QED) is 0.365. The SMILES string of the molecule is COc1c(OCc2ccc(Oc3ccnc(C(F)(F)F)c3)c(F)c2)nc(=O)n2c1N1CCC3(CC(OC)C3)CC1C2. The van der Waals surface area contributed by atoms with E-state index in [-0.39, 0.29) is 35.4 Å². The van der Waals surface area contributed by atoms with Gasteiger partial charge in [-0.25, -0.2) is 9.18 Å². The Morgan fingerprint density at radius 3 is 2.63 bits per heavy atom. The average molecular weight is 577 g/mol. The highest BCUT2D eigenvalue weighted by Gasteiger charge is 2.51. The van der Waals surface area contributed by atoms with E-state index in [1.54, 1.807) is 11.7 Å². The zero-order valence-electron chi connectivity index (χ0n) is 22.4. The molecule has 3 aromatic rings. The van der Waals surface area contributed by atoms with E-state index in [4.69, 9.17) is 18.9 Å². The molecular weight excluding hydrogens is 548 g/mol. The largest absolute Gasteiger partial charge is 0.489 e. The van der Waals surface area contributed by atoms with Crippen LogP contribution in [0.1, 0.15) is 36.9 Å². The van der Waals surface area contributed by atoms with Crippen LogP contribution in [0.3, 0.4) is 0 Å². The molecule has 0 amide bonds. The maximum atomic E-state index is 14.8. The first kappa shape index (κ1) is 27.3. The fourth-order valence-corrected chi connectivity index (χ4v) is 6.21. The monoisotopic (exact) mass is 576 g/mol. The van der Waals surface area contributed by atoms with Gasteiger partial charge in [-0.1, -0.05) is 6.07 Å². The molecule has 0 bridgehead atoms. The number of nitrogens with zero attached hydrogens (tertiary/aromatic N) is 4. The fraction of sp³-hybridized carbons (Fsp3) is 0.464. The summed E-state index contributed by atoms with van der Waals surface area (Å²) in [6.07, 6.45) is 0.581. The first-order valence-corrected chi connectivity index (χ1v) is 13.2. The van der Waals surface area contributed by atoms with Gasteiger partial charge in [-0.05, 0) is 54.9 Å². The number of halogens is 4. The van der Waals surface area contributed by atoms with Crippen molar-refractivity contribution < 1.29 is 36.5 Å². The van der Waals surface area contributed by atoms with Crippen LogP contribution in [-0.2, 0) is 24.1 Å². The lowest BCUT2D eigenvalue weighted by Crippen LogP contribution is -2.53. The van der Waals surface area contributed by atoms with Crippen LogP contribution in [0.5, 0.6) is 23.1 Å². The molecule has 218 valence electrons. The Hall–Kier alpha value is -3.87. The van der Waals surface area contributed by atoms with Crippen LogP contribution in [0, 0.1) is 11.2 Å². The number of pyridine rings is 1. The predicted molar refractivity (Wildman–Crippen MR) is 138 cm³/mol. The number of hydrogen-bond donors (Lipinski definition) is 0. The zero-order chi connectivity index (χ0) is 28.9. The third kappa shape index (κ3) is 5.07. The van der Waals surface area contributed by atoms with Crippen LogP contribution in [0.15, 0.2) is 41.3 Å².